The zero-order valence-corrected chi connectivity index (χ0v) is 22.2. The van der Waals surface area contributed by atoms with Crippen LogP contribution < -0.4 is 20.5 Å². The number of sulfonamides is 1. The average molecular weight is 526 g/mol. The Hall–Kier alpha value is -3.40. The molecule has 3 aromatic rings. The molecule has 1 amide bonds. The van der Waals surface area contributed by atoms with Crippen molar-refractivity contribution in [3.63, 3.8) is 0 Å². The number of aliphatic hydroxyl groups excluding tert-OH is 1. The molecule has 0 radical (unpaired) electrons. The molecule has 1 atom stereocenters. The number of ether oxygens (including phenoxy) is 1. The summed E-state index contributed by atoms with van der Waals surface area (Å²) in [5.41, 5.74) is 10.4. The third-order valence-electron chi connectivity index (χ3n) is 5.63. The lowest BCUT2D eigenvalue weighted by molar-refractivity contribution is 0.0976. The largest absolute Gasteiger partial charge is 0.490 e. The van der Waals surface area contributed by atoms with E-state index in [0.717, 1.165) is 42.3 Å². The summed E-state index contributed by atoms with van der Waals surface area (Å²) in [4.78, 5) is 12.4. The highest BCUT2D eigenvalue weighted by Crippen LogP contribution is 2.29. The molecule has 198 valence electrons. The normalized spacial score (nSPS) is 12.4. The van der Waals surface area contributed by atoms with Gasteiger partial charge in [0.15, 0.2) is 0 Å². The summed E-state index contributed by atoms with van der Waals surface area (Å²) in [7, 11) is -3.69. The molecule has 0 unspecified atom stereocenters. The molecule has 9 heteroatoms. The van der Waals surface area contributed by atoms with Crippen LogP contribution in [0, 0.1) is 0 Å². The minimum atomic E-state index is -3.69. The number of rotatable bonds is 12. The molecule has 0 fully saturated rings. The highest BCUT2D eigenvalue weighted by molar-refractivity contribution is 7.89. The van der Waals surface area contributed by atoms with Gasteiger partial charge in [0.1, 0.15) is 5.75 Å². The molecule has 5 N–H and O–H groups in total. The number of nitrogen functional groups attached to an aromatic ring is 1. The summed E-state index contributed by atoms with van der Waals surface area (Å²) in [5, 5.41) is 13.6. The second-order valence-electron chi connectivity index (χ2n) is 9.27. The van der Waals surface area contributed by atoms with Gasteiger partial charge in [-0.1, -0.05) is 42.5 Å². The molecule has 0 spiro atoms. The van der Waals surface area contributed by atoms with E-state index >= 15 is 0 Å². The van der Waals surface area contributed by atoms with Gasteiger partial charge >= 0.3 is 0 Å². The third-order valence-corrected chi connectivity index (χ3v) is 6.19. The first-order chi connectivity index (χ1) is 17.5. The molecule has 0 saturated carbocycles. The van der Waals surface area contributed by atoms with Gasteiger partial charge in [0.25, 0.3) is 5.91 Å². The molecule has 0 aromatic heterocycles. The maximum absolute atomic E-state index is 12.4. The van der Waals surface area contributed by atoms with Crippen LogP contribution in [-0.4, -0.2) is 44.9 Å². The van der Waals surface area contributed by atoms with Crippen LogP contribution in [0.25, 0.3) is 11.1 Å². The van der Waals surface area contributed by atoms with Crippen LogP contribution in [0.2, 0.25) is 0 Å². The molecular formula is C28H35N3O5S. The molecular weight excluding hydrogens is 490 g/mol. The fourth-order valence-electron chi connectivity index (χ4n) is 3.82. The Morgan fingerprint density at radius 3 is 2.27 bits per heavy atom. The Morgan fingerprint density at radius 2 is 1.65 bits per heavy atom. The first kappa shape index (κ1) is 28.2. The monoisotopic (exact) mass is 525 g/mol. The van der Waals surface area contributed by atoms with E-state index in [9.17, 15) is 18.3 Å². The van der Waals surface area contributed by atoms with Crippen LogP contribution in [0.3, 0.4) is 0 Å². The molecule has 0 aliphatic heterocycles. The zero-order valence-electron chi connectivity index (χ0n) is 21.4. The van der Waals surface area contributed by atoms with Crippen LogP contribution >= 0.6 is 0 Å². The van der Waals surface area contributed by atoms with Crippen LogP contribution in [0.4, 0.5) is 5.69 Å². The summed E-state index contributed by atoms with van der Waals surface area (Å²) in [5.74, 6) is -0.403. The minimum absolute atomic E-state index is 0.161. The van der Waals surface area contributed by atoms with E-state index in [2.05, 4.69) is 17.4 Å². The van der Waals surface area contributed by atoms with Gasteiger partial charge in [-0.3, -0.25) is 4.79 Å². The van der Waals surface area contributed by atoms with Crippen molar-refractivity contribution < 1.29 is 23.1 Å². The van der Waals surface area contributed by atoms with Gasteiger partial charge in [0, 0.05) is 12.2 Å². The highest BCUT2D eigenvalue weighted by atomic mass is 32.2. The molecule has 0 aliphatic carbocycles. The van der Waals surface area contributed by atoms with E-state index in [1.165, 1.54) is 5.56 Å². The van der Waals surface area contributed by atoms with Crippen molar-refractivity contribution in [2.75, 3.05) is 25.1 Å². The molecule has 3 rings (SSSR count). The Kier molecular flexibility index (Phi) is 9.68. The van der Waals surface area contributed by atoms with Gasteiger partial charge in [-0.2, -0.15) is 0 Å². The number of nitrogens with two attached hydrogens (primary N) is 1. The van der Waals surface area contributed by atoms with E-state index in [1.807, 2.05) is 42.8 Å². The minimum Gasteiger partial charge on any atom is -0.490 e. The Bertz CT molecular complexity index is 1290. The fourth-order valence-corrected chi connectivity index (χ4v) is 4.27. The number of aryl methyl sites for hydroxylation is 1. The molecule has 0 heterocycles. The van der Waals surface area contributed by atoms with Crippen molar-refractivity contribution in [3.05, 3.63) is 83.4 Å². The molecule has 3 aromatic carbocycles. The molecule has 0 bridgehead atoms. The van der Waals surface area contributed by atoms with Gasteiger partial charge in [0.2, 0.25) is 10.0 Å². The lowest BCUT2D eigenvalue weighted by atomic mass is 10.00. The maximum atomic E-state index is 12.4. The number of hydrogen-bond acceptors (Lipinski definition) is 7. The second kappa shape index (κ2) is 12.7. The number of hydrogen-bond donors (Lipinski definition) is 4. The Labute approximate surface area is 218 Å². The summed E-state index contributed by atoms with van der Waals surface area (Å²) < 4.78 is 30.8. The van der Waals surface area contributed by atoms with E-state index in [-0.39, 0.29) is 11.7 Å². The summed E-state index contributed by atoms with van der Waals surface area (Å²) in [6, 6.07) is 20.5. The van der Waals surface area contributed by atoms with Gasteiger partial charge in [-0.15, -0.1) is 0 Å². The van der Waals surface area contributed by atoms with Crippen molar-refractivity contribution in [1.82, 2.24) is 10.0 Å². The lowest BCUT2D eigenvalue weighted by Gasteiger charge is -2.15. The Balaban J connectivity index is 1.57. The predicted octanol–water partition coefficient (Wildman–Crippen LogP) is 3.67. The van der Waals surface area contributed by atoms with Gasteiger partial charge in [0.05, 0.1) is 24.0 Å². The second-order valence-corrected chi connectivity index (χ2v) is 11.0. The number of carbonyl (C=O) groups excluding carboxylic acids is 1. The lowest BCUT2D eigenvalue weighted by Crippen LogP contribution is -2.30. The topological polar surface area (TPSA) is 131 Å². The van der Waals surface area contributed by atoms with Crippen molar-refractivity contribution in [3.8, 4) is 16.9 Å². The molecule has 0 aliphatic rings. The van der Waals surface area contributed by atoms with E-state index in [0.29, 0.717) is 18.0 Å². The third kappa shape index (κ3) is 8.89. The number of benzene rings is 3. The standard InChI is InChI=1S/C28H35N3O5S/c1-19(2)36-27-17-23(12-15-25(27)28(33)31-37(3,34)35)21-8-6-20(7-9-21)5-4-16-30-18-26(32)22-10-13-24(29)14-11-22/h6-15,17,19,26,30,32H,4-5,16,18,29H2,1-3H3,(H,31,33)/t26-/m1/s1. The average Bonchev–Trinajstić information content (AvgIpc) is 2.83. The first-order valence-electron chi connectivity index (χ1n) is 12.2. The number of carbonyl (C=O) groups is 1. The number of nitrogens with one attached hydrogen (secondary N) is 2. The smallest absolute Gasteiger partial charge is 0.268 e. The SMILES string of the molecule is CC(C)Oc1cc(-c2ccc(CCCNC[C@@H](O)c3ccc(N)cc3)cc2)ccc1C(=O)NS(C)(=O)=O. The van der Waals surface area contributed by atoms with Gasteiger partial charge in [-0.05, 0) is 79.8 Å². The van der Waals surface area contributed by atoms with E-state index < -0.39 is 22.0 Å². The van der Waals surface area contributed by atoms with Crippen molar-refractivity contribution in [2.45, 2.75) is 38.9 Å². The van der Waals surface area contributed by atoms with E-state index in [4.69, 9.17) is 10.5 Å². The number of amides is 1. The number of aliphatic hydroxyl groups is 1. The van der Waals surface area contributed by atoms with Gasteiger partial charge < -0.3 is 20.9 Å². The molecule has 0 saturated heterocycles. The van der Waals surface area contributed by atoms with Gasteiger partial charge in [-0.25, -0.2) is 13.1 Å². The summed E-state index contributed by atoms with van der Waals surface area (Å²) in [6.45, 7) is 4.93. The summed E-state index contributed by atoms with van der Waals surface area (Å²) in [6.07, 6.45) is 1.98. The quantitative estimate of drug-likeness (QED) is 0.210. The zero-order chi connectivity index (χ0) is 27.0. The van der Waals surface area contributed by atoms with Crippen molar-refractivity contribution in [2.24, 2.45) is 0 Å². The summed E-state index contributed by atoms with van der Waals surface area (Å²) >= 11 is 0. The van der Waals surface area contributed by atoms with Crippen LogP contribution in [-0.2, 0) is 16.4 Å². The van der Waals surface area contributed by atoms with Crippen LogP contribution in [0.1, 0.15) is 47.9 Å². The maximum Gasteiger partial charge on any atom is 0.268 e. The van der Waals surface area contributed by atoms with E-state index in [1.54, 1.807) is 30.3 Å². The Morgan fingerprint density at radius 1 is 1.00 bits per heavy atom. The highest BCUT2D eigenvalue weighted by Gasteiger charge is 2.18. The fraction of sp³-hybridized carbons (Fsp3) is 0.321. The van der Waals surface area contributed by atoms with Crippen LogP contribution in [0.5, 0.6) is 5.75 Å². The molecule has 37 heavy (non-hydrogen) atoms. The predicted molar refractivity (Wildman–Crippen MR) is 147 cm³/mol. The van der Waals surface area contributed by atoms with Crippen molar-refractivity contribution >= 4 is 21.6 Å². The molecule has 8 nitrogen and oxygen atoms in total. The van der Waals surface area contributed by atoms with Crippen molar-refractivity contribution in [1.29, 1.82) is 0 Å². The number of anilines is 1. The first-order valence-corrected chi connectivity index (χ1v) is 14.1. The van der Waals surface area contributed by atoms with Crippen LogP contribution in [0.15, 0.2) is 66.7 Å².